The lowest BCUT2D eigenvalue weighted by Gasteiger charge is -2.29. The molecule has 194 valence electrons. The van der Waals surface area contributed by atoms with Gasteiger partial charge in [0, 0.05) is 31.6 Å². The molecule has 8 nitrogen and oxygen atoms in total. The van der Waals surface area contributed by atoms with Gasteiger partial charge in [-0.15, -0.1) is 17.8 Å². The van der Waals surface area contributed by atoms with E-state index < -0.39 is 0 Å². The molecule has 1 aliphatic rings. The Morgan fingerprint density at radius 1 is 1.35 bits per heavy atom. The van der Waals surface area contributed by atoms with Crippen molar-refractivity contribution in [3.05, 3.63) is 58.7 Å². The minimum absolute atomic E-state index is 0.167. The van der Waals surface area contributed by atoms with Crippen LogP contribution in [-0.2, 0) is 11.2 Å². The maximum Gasteiger partial charge on any atom is 0.326 e. The summed E-state index contributed by atoms with van der Waals surface area (Å²) >= 11 is 1.34. The van der Waals surface area contributed by atoms with E-state index in [9.17, 15) is 9.59 Å². The average Bonchev–Trinajstić information content (AvgIpc) is 3.32. The SMILES string of the molecule is C#CCNC(=O)N1C(C)=CCc2cc(Oc3ccnc4cc(C=O)sc34)ccc21.CO[C@@H](C)CN(C)C. The highest BCUT2D eigenvalue weighted by Gasteiger charge is 2.23. The first-order chi connectivity index (χ1) is 17.8. The van der Waals surface area contributed by atoms with Gasteiger partial charge >= 0.3 is 6.03 Å². The lowest BCUT2D eigenvalue weighted by molar-refractivity contribution is 0.0929. The third-order valence-electron chi connectivity index (χ3n) is 5.57. The Morgan fingerprint density at radius 2 is 2.14 bits per heavy atom. The Hall–Kier alpha value is -3.71. The number of benzene rings is 1. The predicted octanol–water partition coefficient (Wildman–Crippen LogP) is 5.09. The predicted molar refractivity (Wildman–Crippen MR) is 149 cm³/mol. The summed E-state index contributed by atoms with van der Waals surface area (Å²) in [6, 6.07) is 8.85. The van der Waals surface area contributed by atoms with Crippen molar-refractivity contribution in [1.82, 2.24) is 15.2 Å². The van der Waals surface area contributed by atoms with E-state index in [2.05, 4.69) is 28.0 Å². The third kappa shape index (κ3) is 7.17. The first-order valence-corrected chi connectivity index (χ1v) is 12.6. The number of nitrogens with one attached hydrogen (secondary N) is 1. The van der Waals surface area contributed by atoms with E-state index in [0.717, 1.165) is 40.0 Å². The van der Waals surface area contributed by atoms with Crippen molar-refractivity contribution in [2.45, 2.75) is 26.4 Å². The zero-order valence-electron chi connectivity index (χ0n) is 21.8. The van der Waals surface area contributed by atoms with E-state index in [-0.39, 0.29) is 12.6 Å². The van der Waals surface area contributed by atoms with Crippen LogP contribution in [0.1, 0.15) is 29.1 Å². The minimum Gasteiger partial charge on any atom is -0.456 e. The fourth-order valence-electron chi connectivity index (χ4n) is 3.81. The summed E-state index contributed by atoms with van der Waals surface area (Å²) < 4.78 is 11.9. The van der Waals surface area contributed by atoms with Gasteiger partial charge in [0.2, 0.25) is 0 Å². The third-order valence-corrected chi connectivity index (χ3v) is 6.63. The fourth-order valence-corrected chi connectivity index (χ4v) is 4.69. The number of anilines is 1. The molecule has 0 saturated heterocycles. The van der Waals surface area contributed by atoms with Crippen molar-refractivity contribution in [3.8, 4) is 23.8 Å². The van der Waals surface area contributed by atoms with Gasteiger partial charge in [-0.1, -0.05) is 12.0 Å². The molecule has 2 amide bonds. The molecule has 1 aliphatic heterocycles. The molecule has 0 aliphatic carbocycles. The maximum absolute atomic E-state index is 12.5. The van der Waals surface area contributed by atoms with E-state index >= 15 is 0 Å². The summed E-state index contributed by atoms with van der Waals surface area (Å²) in [4.78, 5) is 32.2. The van der Waals surface area contributed by atoms with Crippen LogP contribution in [0.25, 0.3) is 10.2 Å². The number of fused-ring (bicyclic) bond motifs is 2. The number of hydrogen-bond donors (Lipinski definition) is 1. The molecule has 0 bridgehead atoms. The number of ether oxygens (including phenoxy) is 2. The van der Waals surface area contributed by atoms with Crippen LogP contribution in [-0.4, -0.2) is 62.6 Å². The number of hydrogen-bond acceptors (Lipinski definition) is 7. The zero-order chi connectivity index (χ0) is 26.9. The molecule has 1 N–H and O–H groups in total. The van der Waals surface area contributed by atoms with Gasteiger partial charge in [-0.2, -0.15) is 0 Å². The van der Waals surface area contributed by atoms with Crippen molar-refractivity contribution in [2.24, 2.45) is 0 Å². The van der Waals surface area contributed by atoms with Gasteiger partial charge in [-0.05, 0) is 64.2 Å². The van der Waals surface area contributed by atoms with Gasteiger partial charge in [0.1, 0.15) is 11.5 Å². The highest BCUT2D eigenvalue weighted by Crippen LogP contribution is 2.37. The number of thiophene rings is 1. The number of urea groups is 1. The molecule has 0 fully saturated rings. The Bertz CT molecular complexity index is 1330. The van der Waals surface area contributed by atoms with Crippen LogP contribution >= 0.6 is 11.3 Å². The van der Waals surface area contributed by atoms with E-state index in [1.807, 2.05) is 45.3 Å². The largest absolute Gasteiger partial charge is 0.456 e. The topological polar surface area (TPSA) is 84.0 Å². The number of aldehydes is 1. The molecule has 0 spiro atoms. The normalized spacial score (nSPS) is 13.1. The van der Waals surface area contributed by atoms with Gasteiger partial charge in [0.05, 0.1) is 33.4 Å². The van der Waals surface area contributed by atoms with Crippen molar-refractivity contribution in [3.63, 3.8) is 0 Å². The molecule has 2 aromatic heterocycles. The van der Waals surface area contributed by atoms with Crippen LogP contribution in [0.3, 0.4) is 0 Å². The first-order valence-electron chi connectivity index (χ1n) is 11.8. The van der Waals surface area contributed by atoms with Gasteiger partial charge in [-0.25, -0.2) is 4.79 Å². The molecular formula is C28H32N4O4S. The maximum atomic E-state index is 12.5. The molecule has 0 saturated carbocycles. The number of terminal acetylenes is 1. The Balaban J connectivity index is 0.000000414. The van der Waals surface area contributed by atoms with Gasteiger partial charge < -0.3 is 19.7 Å². The second-order valence-electron chi connectivity index (χ2n) is 8.74. The number of methoxy groups -OCH3 is 1. The number of pyridine rings is 1. The van der Waals surface area contributed by atoms with E-state index in [4.69, 9.17) is 15.9 Å². The van der Waals surface area contributed by atoms with Crippen LogP contribution in [0, 0.1) is 12.3 Å². The molecule has 37 heavy (non-hydrogen) atoms. The summed E-state index contributed by atoms with van der Waals surface area (Å²) in [6.45, 7) is 5.11. The Morgan fingerprint density at radius 3 is 2.78 bits per heavy atom. The number of amides is 2. The number of likely N-dealkylation sites (N-methyl/N-ethyl adjacent to an activating group) is 1. The molecule has 0 radical (unpaired) electrons. The fraction of sp³-hybridized carbons (Fsp3) is 0.321. The zero-order valence-corrected chi connectivity index (χ0v) is 22.6. The lowest BCUT2D eigenvalue weighted by Crippen LogP contribution is -2.40. The lowest BCUT2D eigenvalue weighted by atomic mass is 10.0. The second-order valence-corrected chi connectivity index (χ2v) is 9.82. The summed E-state index contributed by atoms with van der Waals surface area (Å²) in [5.74, 6) is 3.70. The van der Waals surface area contributed by atoms with Gasteiger partial charge in [0.25, 0.3) is 0 Å². The van der Waals surface area contributed by atoms with Crippen molar-refractivity contribution < 1.29 is 19.1 Å². The standard InChI is InChI=1S/C22H17N3O3S.C6H15NO/c1-3-9-24-22(27)25-14(2)4-5-15-11-16(6-7-19(15)25)28-20-8-10-23-18-12-17(13-26)29-21(18)20;1-6(8-4)5-7(2)3/h1,4,6-8,10-13H,5,9H2,2H3,(H,24,27);6H,5H2,1-4H3/t;6-/m.0/s1. The van der Waals surface area contributed by atoms with Crippen molar-refractivity contribution >= 4 is 39.6 Å². The minimum atomic E-state index is -0.262. The molecule has 4 rings (SSSR count). The number of allylic oxidation sites excluding steroid dienone is 2. The van der Waals surface area contributed by atoms with Crippen molar-refractivity contribution in [2.75, 3.05) is 39.2 Å². The van der Waals surface area contributed by atoms with E-state index in [0.29, 0.717) is 28.9 Å². The van der Waals surface area contributed by atoms with Crippen LogP contribution < -0.4 is 15.0 Å². The van der Waals surface area contributed by atoms with Crippen LogP contribution in [0.4, 0.5) is 10.5 Å². The second kappa shape index (κ2) is 13.0. The molecular weight excluding hydrogens is 488 g/mol. The molecule has 1 atom stereocenters. The van der Waals surface area contributed by atoms with Crippen LogP contribution in [0.5, 0.6) is 11.5 Å². The number of carbonyl (C=O) groups excluding carboxylic acids is 2. The summed E-state index contributed by atoms with van der Waals surface area (Å²) in [7, 11) is 5.80. The first kappa shape index (κ1) is 27.9. The molecule has 0 unspecified atom stereocenters. The average molecular weight is 521 g/mol. The number of aromatic nitrogens is 1. The summed E-state index contributed by atoms with van der Waals surface area (Å²) in [5.41, 5.74) is 3.33. The molecule has 9 heteroatoms. The quantitative estimate of drug-likeness (QED) is 0.345. The van der Waals surface area contributed by atoms with Crippen molar-refractivity contribution in [1.29, 1.82) is 0 Å². The van der Waals surface area contributed by atoms with Crippen LogP contribution in [0.2, 0.25) is 0 Å². The highest BCUT2D eigenvalue weighted by atomic mass is 32.1. The van der Waals surface area contributed by atoms with E-state index in [1.54, 1.807) is 30.3 Å². The Labute approximate surface area is 221 Å². The van der Waals surface area contributed by atoms with Gasteiger partial charge in [0.15, 0.2) is 6.29 Å². The van der Waals surface area contributed by atoms with Crippen LogP contribution in [0.15, 0.2) is 48.3 Å². The number of rotatable bonds is 7. The smallest absolute Gasteiger partial charge is 0.326 e. The molecule has 3 aromatic rings. The Kier molecular flexibility index (Phi) is 9.80. The summed E-state index contributed by atoms with van der Waals surface area (Å²) in [6.07, 6.45) is 10.7. The summed E-state index contributed by atoms with van der Waals surface area (Å²) in [5, 5.41) is 2.70. The number of nitrogens with zero attached hydrogens (tertiary/aromatic N) is 3. The van der Waals surface area contributed by atoms with E-state index in [1.165, 1.54) is 11.3 Å². The monoisotopic (exact) mass is 520 g/mol. The molecule has 1 aromatic carbocycles. The number of carbonyl (C=O) groups is 2. The highest BCUT2D eigenvalue weighted by molar-refractivity contribution is 7.20. The van der Waals surface area contributed by atoms with Gasteiger partial charge in [-0.3, -0.25) is 14.7 Å². The molecule has 3 heterocycles.